The summed E-state index contributed by atoms with van der Waals surface area (Å²) >= 11 is 0. The molecule has 1 aliphatic rings. The molecule has 88 valence electrons. The quantitative estimate of drug-likeness (QED) is 0.743. The first-order valence-electron chi connectivity index (χ1n) is 5.53. The van der Waals surface area contributed by atoms with E-state index in [0.29, 0.717) is 13.2 Å². The number of hydrogen-bond acceptors (Lipinski definition) is 3. The molecule has 0 spiro atoms. The molecule has 0 bridgehead atoms. The molecule has 4 heteroatoms. The fourth-order valence-electron chi connectivity index (χ4n) is 1.91. The van der Waals surface area contributed by atoms with Gasteiger partial charge in [0.1, 0.15) is 0 Å². The molecule has 1 heterocycles. The average molecular weight is 214 g/mol. The van der Waals surface area contributed by atoms with Crippen LogP contribution in [0.1, 0.15) is 20.8 Å². The van der Waals surface area contributed by atoms with Gasteiger partial charge in [-0.15, -0.1) is 0 Å². The molecule has 1 atom stereocenters. The van der Waals surface area contributed by atoms with Crippen molar-refractivity contribution in [2.75, 3.05) is 33.3 Å². The highest BCUT2D eigenvalue weighted by atomic mass is 16.5. The van der Waals surface area contributed by atoms with Crippen LogP contribution in [0.3, 0.4) is 0 Å². The highest BCUT2D eigenvalue weighted by Crippen LogP contribution is 2.17. The molecule has 0 radical (unpaired) electrons. The van der Waals surface area contributed by atoms with Crippen LogP contribution in [0.5, 0.6) is 0 Å². The smallest absolute Gasteiger partial charge is 0.226 e. The minimum Gasteiger partial charge on any atom is -0.372 e. The SMILES string of the molecule is CNCC(C)C(=O)N1CCOC(C)(C)C1. The Labute approximate surface area is 92.0 Å². The van der Waals surface area contributed by atoms with Gasteiger partial charge in [0.15, 0.2) is 0 Å². The van der Waals surface area contributed by atoms with E-state index < -0.39 is 0 Å². The van der Waals surface area contributed by atoms with Crippen molar-refractivity contribution in [3.05, 3.63) is 0 Å². The molecule has 1 aliphatic heterocycles. The van der Waals surface area contributed by atoms with Gasteiger partial charge in [-0.2, -0.15) is 0 Å². The minimum atomic E-state index is -0.201. The predicted molar refractivity (Wildman–Crippen MR) is 59.7 cm³/mol. The Morgan fingerprint density at radius 1 is 1.60 bits per heavy atom. The summed E-state index contributed by atoms with van der Waals surface area (Å²) in [5.74, 6) is 0.268. The first-order valence-corrected chi connectivity index (χ1v) is 5.53. The Balaban J connectivity index is 2.52. The zero-order valence-electron chi connectivity index (χ0n) is 10.2. The third-order valence-corrected chi connectivity index (χ3v) is 2.67. The molecule has 4 nitrogen and oxygen atoms in total. The summed E-state index contributed by atoms with van der Waals surface area (Å²) < 4.78 is 5.58. The minimum absolute atomic E-state index is 0.0453. The van der Waals surface area contributed by atoms with Crippen LogP contribution in [0.15, 0.2) is 0 Å². The number of morpholine rings is 1. The van der Waals surface area contributed by atoms with Crippen LogP contribution in [0.2, 0.25) is 0 Å². The third kappa shape index (κ3) is 3.47. The van der Waals surface area contributed by atoms with E-state index in [4.69, 9.17) is 4.74 Å². The summed E-state index contributed by atoms with van der Waals surface area (Å²) in [5.41, 5.74) is -0.201. The summed E-state index contributed by atoms with van der Waals surface area (Å²) in [6.45, 7) is 8.80. The molecule has 0 saturated carbocycles. The van der Waals surface area contributed by atoms with E-state index in [9.17, 15) is 4.79 Å². The fourth-order valence-corrected chi connectivity index (χ4v) is 1.91. The van der Waals surface area contributed by atoms with Crippen LogP contribution in [0, 0.1) is 5.92 Å². The topological polar surface area (TPSA) is 41.6 Å². The second-order valence-corrected chi connectivity index (χ2v) is 4.83. The van der Waals surface area contributed by atoms with Gasteiger partial charge in [0.2, 0.25) is 5.91 Å². The maximum absolute atomic E-state index is 12.0. The lowest BCUT2D eigenvalue weighted by Gasteiger charge is -2.39. The number of nitrogens with zero attached hydrogens (tertiary/aromatic N) is 1. The lowest BCUT2D eigenvalue weighted by Crippen LogP contribution is -2.52. The van der Waals surface area contributed by atoms with Crippen molar-refractivity contribution >= 4 is 5.91 Å². The Hall–Kier alpha value is -0.610. The number of carbonyl (C=O) groups excluding carboxylic acids is 1. The molecule has 15 heavy (non-hydrogen) atoms. The van der Waals surface area contributed by atoms with Crippen LogP contribution in [0.25, 0.3) is 0 Å². The number of amides is 1. The van der Waals surface area contributed by atoms with Crippen molar-refractivity contribution in [1.29, 1.82) is 0 Å². The number of hydrogen-bond donors (Lipinski definition) is 1. The molecule has 1 fully saturated rings. The van der Waals surface area contributed by atoms with Gasteiger partial charge in [-0.1, -0.05) is 6.92 Å². The number of nitrogens with one attached hydrogen (secondary N) is 1. The van der Waals surface area contributed by atoms with Crippen LogP contribution >= 0.6 is 0 Å². The maximum Gasteiger partial charge on any atom is 0.226 e. The molecular weight excluding hydrogens is 192 g/mol. The van der Waals surface area contributed by atoms with Crippen molar-refractivity contribution in [3.8, 4) is 0 Å². The van der Waals surface area contributed by atoms with Crippen LogP contribution in [0.4, 0.5) is 0 Å². The molecule has 1 N–H and O–H groups in total. The van der Waals surface area contributed by atoms with Gasteiger partial charge in [-0.3, -0.25) is 4.79 Å². The summed E-state index contributed by atoms with van der Waals surface area (Å²) in [4.78, 5) is 13.9. The van der Waals surface area contributed by atoms with Crippen molar-refractivity contribution in [2.45, 2.75) is 26.4 Å². The van der Waals surface area contributed by atoms with Crippen LogP contribution in [-0.2, 0) is 9.53 Å². The van der Waals surface area contributed by atoms with Crippen LogP contribution in [-0.4, -0.2) is 49.7 Å². The second-order valence-electron chi connectivity index (χ2n) is 4.83. The first kappa shape index (κ1) is 12.5. The van der Waals surface area contributed by atoms with E-state index in [-0.39, 0.29) is 17.4 Å². The summed E-state index contributed by atoms with van der Waals surface area (Å²) in [7, 11) is 1.87. The summed E-state index contributed by atoms with van der Waals surface area (Å²) in [6, 6.07) is 0. The van der Waals surface area contributed by atoms with Crippen molar-refractivity contribution in [1.82, 2.24) is 10.2 Å². The lowest BCUT2D eigenvalue weighted by atomic mass is 10.0. The van der Waals surface area contributed by atoms with Crippen LogP contribution < -0.4 is 5.32 Å². The number of ether oxygens (including phenoxy) is 1. The number of carbonyl (C=O) groups is 1. The van der Waals surface area contributed by atoms with Gasteiger partial charge in [-0.25, -0.2) is 0 Å². The van der Waals surface area contributed by atoms with Gasteiger partial charge < -0.3 is 15.0 Å². The van der Waals surface area contributed by atoms with Crippen molar-refractivity contribution in [3.63, 3.8) is 0 Å². The maximum atomic E-state index is 12.0. The Kier molecular flexibility index (Phi) is 4.11. The molecular formula is C11H22N2O2. The van der Waals surface area contributed by atoms with Gasteiger partial charge in [0, 0.05) is 25.6 Å². The highest BCUT2D eigenvalue weighted by Gasteiger charge is 2.31. The third-order valence-electron chi connectivity index (χ3n) is 2.67. The Bertz CT molecular complexity index is 229. The van der Waals surface area contributed by atoms with E-state index in [0.717, 1.165) is 13.1 Å². The molecule has 0 aromatic rings. The average Bonchev–Trinajstić information content (AvgIpc) is 2.15. The summed E-state index contributed by atoms with van der Waals surface area (Å²) in [5, 5.41) is 3.03. The standard InChI is InChI=1S/C11H22N2O2/c1-9(7-12-4)10(14)13-5-6-15-11(2,3)8-13/h9,12H,5-8H2,1-4H3. The van der Waals surface area contributed by atoms with Gasteiger partial charge in [0.25, 0.3) is 0 Å². The molecule has 0 aromatic carbocycles. The Morgan fingerprint density at radius 3 is 2.80 bits per heavy atom. The second kappa shape index (κ2) is 4.94. The molecule has 1 saturated heterocycles. The monoisotopic (exact) mass is 214 g/mol. The molecule has 0 aliphatic carbocycles. The first-order chi connectivity index (χ1) is 6.96. The highest BCUT2D eigenvalue weighted by molar-refractivity contribution is 5.78. The largest absolute Gasteiger partial charge is 0.372 e. The lowest BCUT2D eigenvalue weighted by molar-refractivity contribution is -0.149. The molecule has 1 amide bonds. The predicted octanol–water partition coefficient (Wildman–Crippen LogP) is 0.479. The van der Waals surface area contributed by atoms with Crippen molar-refractivity contribution < 1.29 is 9.53 Å². The van der Waals surface area contributed by atoms with Crippen molar-refractivity contribution in [2.24, 2.45) is 5.92 Å². The zero-order chi connectivity index (χ0) is 11.5. The zero-order valence-corrected chi connectivity index (χ0v) is 10.2. The van der Waals surface area contributed by atoms with E-state index in [2.05, 4.69) is 5.32 Å². The fraction of sp³-hybridized carbons (Fsp3) is 0.909. The number of rotatable bonds is 3. The van der Waals surface area contributed by atoms with Gasteiger partial charge in [0.05, 0.1) is 12.2 Å². The normalized spacial score (nSPS) is 22.5. The van der Waals surface area contributed by atoms with Gasteiger partial charge >= 0.3 is 0 Å². The Morgan fingerprint density at radius 2 is 2.27 bits per heavy atom. The molecule has 1 rings (SSSR count). The summed E-state index contributed by atoms with van der Waals surface area (Å²) in [6.07, 6.45) is 0. The van der Waals surface area contributed by atoms with Gasteiger partial charge in [-0.05, 0) is 20.9 Å². The van der Waals surface area contributed by atoms with E-state index in [1.807, 2.05) is 32.7 Å². The van der Waals surface area contributed by atoms with E-state index >= 15 is 0 Å². The van der Waals surface area contributed by atoms with E-state index in [1.165, 1.54) is 0 Å². The van der Waals surface area contributed by atoms with E-state index in [1.54, 1.807) is 0 Å². The molecule has 1 unspecified atom stereocenters. The molecule has 0 aromatic heterocycles.